The Bertz CT molecular complexity index is 1290. The summed E-state index contributed by atoms with van der Waals surface area (Å²) < 4.78 is 8.01. The highest BCUT2D eigenvalue weighted by Gasteiger charge is 2.15. The maximum absolute atomic E-state index is 12.5. The lowest BCUT2D eigenvalue weighted by molar-refractivity contribution is -0.113. The number of carbonyl (C=O) groups is 1. The van der Waals surface area contributed by atoms with Crippen molar-refractivity contribution < 1.29 is 9.53 Å². The third kappa shape index (κ3) is 5.26. The molecule has 168 valence electrons. The molecule has 0 atom stereocenters. The van der Waals surface area contributed by atoms with Crippen molar-refractivity contribution in [2.45, 2.75) is 32.2 Å². The minimum absolute atomic E-state index is 0.0876. The average Bonchev–Trinajstić information content (AvgIpc) is 3.21. The van der Waals surface area contributed by atoms with Gasteiger partial charge in [-0.1, -0.05) is 66.4 Å². The summed E-state index contributed by atoms with van der Waals surface area (Å²) in [7, 11) is 0. The van der Waals surface area contributed by atoms with Crippen LogP contribution in [0.3, 0.4) is 0 Å². The second-order valence-electron chi connectivity index (χ2n) is 7.65. The minimum atomic E-state index is -0.0876. The third-order valence-corrected chi connectivity index (χ3v) is 6.39. The zero-order chi connectivity index (χ0) is 23.2. The average molecular weight is 459 g/mol. The molecular formula is C26H26N4O2S. The Labute approximate surface area is 197 Å². The molecule has 1 heterocycles. The van der Waals surface area contributed by atoms with E-state index in [0.29, 0.717) is 17.5 Å². The molecule has 0 aliphatic rings. The molecule has 0 aliphatic carbocycles. The number of amides is 1. The van der Waals surface area contributed by atoms with Crippen molar-refractivity contribution in [2.24, 2.45) is 0 Å². The Hall–Kier alpha value is -3.58. The molecule has 4 rings (SSSR count). The number of carbonyl (C=O) groups excluding carboxylic acids is 1. The first-order valence-electron chi connectivity index (χ1n) is 10.7. The van der Waals surface area contributed by atoms with Crippen molar-refractivity contribution in [3.8, 4) is 5.75 Å². The summed E-state index contributed by atoms with van der Waals surface area (Å²) in [5.74, 6) is 1.62. The van der Waals surface area contributed by atoms with Gasteiger partial charge in [-0.25, -0.2) is 0 Å². The predicted octanol–water partition coefficient (Wildman–Crippen LogP) is 5.54. The molecule has 0 radical (unpaired) electrons. The Balaban J connectivity index is 1.43. The number of rotatable bonds is 9. The summed E-state index contributed by atoms with van der Waals surface area (Å²) in [5.41, 5.74) is 3.04. The van der Waals surface area contributed by atoms with E-state index in [2.05, 4.69) is 34.2 Å². The van der Waals surface area contributed by atoms with Crippen molar-refractivity contribution in [1.82, 2.24) is 14.8 Å². The van der Waals surface area contributed by atoms with Crippen LogP contribution >= 0.6 is 11.8 Å². The van der Waals surface area contributed by atoms with Gasteiger partial charge in [0.05, 0.1) is 5.75 Å². The molecule has 0 spiro atoms. The Kier molecular flexibility index (Phi) is 7.10. The number of hydrogen-bond acceptors (Lipinski definition) is 5. The second-order valence-corrected chi connectivity index (χ2v) is 8.59. The summed E-state index contributed by atoms with van der Waals surface area (Å²) in [6.45, 7) is 8.67. The molecule has 0 saturated carbocycles. The van der Waals surface area contributed by atoms with E-state index >= 15 is 0 Å². The van der Waals surface area contributed by atoms with Gasteiger partial charge in [-0.2, -0.15) is 0 Å². The molecule has 0 bridgehead atoms. The lowest BCUT2D eigenvalue weighted by atomic mass is 10.1. The molecule has 4 aromatic rings. The fourth-order valence-corrected chi connectivity index (χ4v) is 4.28. The normalized spacial score (nSPS) is 10.8. The van der Waals surface area contributed by atoms with E-state index in [1.54, 1.807) is 6.08 Å². The maximum Gasteiger partial charge on any atom is 0.234 e. The Morgan fingerprint density at radius 1 is 1.09 bits per heavy atom. The number of benzene rings is 3. The van der Waals surface area contributed by atoms with Gasteiger partial charge in [-0.15, -0.1) is 16.8 Å². The smallest absolute Gasteiger partial charge is 0.234 e. The van der Waals surface area contributed by atoms with E-state index < -0.39 is 0 Å². The van der Waals surface area contributed by atoms with Crippen LogP contribution in [0.4, 0.5) is 5.69 Å². The Morgan fingerprint density at radius 2 is 1.88 bits per heavy atom. The lowest BCUT2D eigenvalue weighted by Gasteiger charge is -2.11. The molecule has 3 aromatic carbocycles. The zero-order valence-electron chi connectivity index (χ0n) is 18.7. The fraction of sp³-hybridized carbons (Fsp3) is 0.192. The summed E-state index contributed by atoms with van der Waals surface area (Å²) in [6.07, 6.45) is 1.78. The van der Waals surface area contributed by atoms with Crippen LogP contribution in [0, 0.1) is 13.8 Å². The standard InChI is InChI=1S/C26H26N4O2S/c1-4-15-30-24(16-32-23-14-8-11-20-10-5-6-12-21(20)23)28-29-26(30)33-17-25(31)27-22-13-7-9-18(2)19(22)3/h4-14H,1,15-17H2,2-3H3,(H,27,31). The molecule has 1 amide bonds. The number of thioether (sulfide) groups is 1. The van der Waals surface area contributed by atoms with E-state index in [1.807, 2.05) is 66.9 Å². The van der Waals surface area contributed by atoms with Gasteiger partial charge in [0.2, 0.25) is 5.91 Å². The molecule has 0 aliphatic heterocycles. The molecule has 1 aromatic heterocycles. The van der Waals surface area contributed by atoms with Gasteiger partial charge in [0.15, 0.2) is 11.0 Å². The van der Waals surface area contributed by atoms with Crippen LogP contribution in [0.15, 0.2) is 78.5 Å². The van der Waals surface area contributed by atoms with Crippen molar-refractivity contribution in [3.63, 3.8) is 0 Å². The molecule has 0 saturated heterocycles. The highest BCUT2D eigenvalue weighted by Crippen LogP contribution is 2.26. The van der Waals surface area contributed by atoms with Gasteiger partial charge in [0, 0.05) is 17.6 Å². The van der Waals surface area contributed by atoms with Crippen LogP contribution in [0.5, 0.6) is 5.75 Å². The molecular weight excluding hydrogens is 432 g/mol. The number of hydrogen-bond donors (Lipinski definition) is 1. The minimum Gasteiger partial charge on any atom is -0.485 e. The zero-order valence-corrected chi connectivity index (χ0v) is 19.6. The van der Waals surface area contributed by atoms with E-state index in [4.69, 9.17) is 4.74 Å². The predicted molar refractivity (Wildman–Crippen MR) is 134 cm³/mol. The van der Waals surface area contributed by atoms with E-state index in [1.165, 1.54) is 11.8 Å². The molecule has 0 fully saturated rings. The van der Waals surface area contributed by atoms with Gasteiger partial charge < -0.3 is 10.1 Å². The van der Waals surface area contributed by atoms with Gasteiger partial charge in [0.25, 0.3) is 0 Å². The van der Waals surface area contributed by atoms with Crippen molar-refractivity contribution in [2.75, 3.05) is 11.1 Å². The van der Waals surface area contributed by atoms with E-state index in [9.17, 15) is 4.79 Å². The highest BCUT2D eigenvalue weighted by molar-refractivity contribution is 7.99. The van der Waals surface area contributed by atoms with Crippen LogP contribution in [0.25, 0.3) is 10.8 Å². The van der Waals surface area contributed by atoms with Gasteiger partial charge in [0.1, 0.15) is 12.4 Å². The van der Waals surface area contributed by atoms with Crippen LogP contribution in [0.1, 0.15) is 17.0 Å². The van der Waals surface area contributed by atoms with Crippen molar-refractivity contribution >= 4 is 34.1 Å². The summed E-state index contributed by atoms with van der Waals surface area (Å²) in [4.78, 5) is 12.5. The third-order valence-electron chi connectivity index (χ3n) is 5.42. The van der Waals surface area contributed by atoms with Crippen molar-refractivity contribution in [1.29, 1.82) is 0 Å². The highest BCUT2D eigenvalue weighted by atomic mass is 32.2. The van der Waals surface area contributed by atoms with Crippen LogP contribution < -0.4 is 10.1 Å². The molecule has 33 heavy (non-hydrogen) atoms. The number of ether oxygens (including phenoxy) is 1. The Morgan fingerprint density at radius 3 is 2.73 bits per heavy atom. The molecule has 6 nitrogen and oxygen atoms in total. The SMILES string of the molecule is C=CCn1c(COc2cccc3ccccc23)nnc1SCC(=O)Nc1cccc(C)c1C. The van der Waals surface area contributed by atoms with Crippen LogP contribution in [0.2, 0.25) is 0 Å². The summed E-state index contributed by atoms with van der Waals surface area (Å²) >= 11 is 1.34. The first-order valence-corrected chi connectivity index (χ1v) is 11.7. The number of allylic oxidation sites excluding steroid dienone is 1. The second kappa shape index (κ2) is 10.4. The lowest BCUT2D eigenvalue weighted by Crippen LogP contribution is -2.16. The van der Waals surface area contributed by atoms with E-state index in [-0.39, 0.29) is 18.3 Å². The number of anilines is 1. The fourth-order valence-electron chi connectivity index (χ4n) is 3.51. The van der Waals surface area contributed by atoms with Crippen LogP contribution in [-0.4, -0.2) is 26.4 Å². The largest absolute Gasteiger partial charge is 0.485 e. The number of fused-ring (bicyclic) bond motifs is 1. The first kappa shape index (κ1) is 22.6. The number of nitrogens with zero attached hydrogens (tertiary/aromatic N) is 3. The first-order chi connectivity index (χ1) is 16.1. The quantitative estimate of drug-likeness (QED) is 0.263. The number of aromatic nitrogens is 3. The topological polar surface area (TPSA) is 69.0 Å². The van der Waals surface area contributed by atoms with Gasteiger partial charge in [-0.3, -0.25) is 9.36 Å². The summed E-state index contributed by atoms with van der Waals surface area (Å²) in [5, 5.41) is 14.4. The molecule has 7 heteroatoms. The molecule has 1 N–H and O–H groups in total. The van der Waals surface area contributed by atoms with Crippen molar-refractivity contribution in [3.05, 3.63) is 90.3 Å². The van der Waals surface area contributed by atoms with E-state index in [0.717, 1.165) is 33.3 Å². The number of aryl methyl sites for hydroxylation is 1. The number of nitrogens with one attached hydrogen (secondary N) is 1. The monoisotopic (exact) mass is 458 g/mol. The van der Waals surface area contributed by atoms with Gasteiger partial charge >= 0.3 is 0 Å². The van der Waals surface area contributed by atoms with Gasteiger partial charge in [-0.05, 0) is 42.5 Å². The summed E-state index contributed by atoms with van der Waals surface area (Å²) in [6, 6.07) is 19.9. The van der Waals surface area contributed by atoms with Crippen LogP contribution in [-0.2, 0) is 17.9 Å². The molecule has 0 unspecified atom stereocenters. The maximum atomic E-state index is 12.5.